The normalized spacial score (nSPS) is 27.4. The Hall–Kier alpha value is -1.06. The lowest BCUT2D eigenvalue weighted by Gasteiger charge is -2.36. The molecule has 0 spiro atoms. The van der Waals surface area contributed by atoms with Crippen LogP contribution in [0.3, 0.4) is 0 Å². The Bertz CT molecular complexity index is 240. The van der Waals surface area contributed by atoms with Crippen LogP contribution in [0, 0.1) is 5.92 Å². The zero-order chi connectivity index (χ0) is 10.7. The number of nitrogens with zero attached hydrogens (tertiary/aromatic N) is 1. The van der Waals surface area contributed by atoms with Gasteiger partial charge in [0.05, 0.1) is 0 Å². The third kappa shape index (κ3) is 2.25. The van der Waals surface area contributed by atoms with E-state index in [1.54, 1.807) is 6.92 Å². The summed E-state index contributed by atoms with van der Waals surface area (Å²) in [6.45, 7) is 4.40. The van der Waals surface area contributed by atoms with Gasteiger partial charge in [-0.15, -0.1) is 0 Å². The van der Waals surface area contributed by atoms with Crippen molar-refractivity contribution < 1.29 is 14.7 Å². The van der Waals surface area contributed by atoms with Gasteiger partial charge in [-0.05, 0) is 18.8 Å². The molecule has 0 aromatic carbocycles. The lowest BCUT2D eigenvalue weighted by atomic mass is 9.94. The zero-order valence-electron chi connectivity index (χ0n) is 8.69. The van der Waals surface area contributed by atoms with Gasteiger partial charge >= 0.3 is 5.97 Å². The molecule has 1 fully saturated rings. The fraction of sp³-hybridized carbons (Fsp3) is 0.800. The van der Waals surface area contributed by atoms with Crippen LogP contribution in [-0.4, -0.2) is 34.5 Å². The Morgan fingerprint density at radius 2 is 2.07 bits per heavy atom. The third-order valence-corrected chi connectivity index (χ3v) is 2.73. The van der Waals surface area contributed by atoms with Gasteiger partial charge in [-0.3, -0.25) is 4.79 Å². The number of rotatable bonds is 2. The Labute approximate surface area is 83.9 Å². The summed E-state index contributed by atoms with van der Waals surface area (Å²) in [6.07, 6.45) is 1.86. The van der Waals surface area contributed by atoms with Gasteiger partial charge in [0.15, 0.2) is 0 Å². The molecule has 1 aliphatic rings. The number of piperidine rings is 1. The number of aliphatic carboxylic acids is 1. The van der Waals surface area contributed by atoms with E-state index in [4.69, 9.17) is 5.11 Å². The summed E-state index contributed by atoms with van der Waals surface area (Å²) >= 11 is 0. The summed E-state index contributed by atoms with van der Waals surface area (Å²) in [5, 5.41) is 8.95. The SMILES string of the molecule is CCC(=O)N1CC(C)CCC1C(=O)O. The summed E-state index contributed by atoms with van der Waals surface area (Å²) in [7, 11) is 0. The maximum absolute atomic E-state index is 11.5. The molecule has 0 radical (unpaired) electrons. The van der Waals surface area contributed by atoms with Crippen molar-refractivity contribution >= 4 is 11.9 Å². The second kappa shape index (κ2) is 4.44. The smallest absolute Gasteiger partial charge is 0.326 e. The Morgan fingerprint density at radius 3 is 2.57 bits per heavy atom. The van der Waals surface area contributed by atoms with Gasteiger partial charge in [0, 0.05) is 13.0 Å². The highest BCUT2D eigenvalue weighted by Gasteiger charge is 2.33. The minimum Gasteiger partial charge on any atom is -0.480 e. The average molecular weight is 199 g/mol. The number of hydrogen-bond acceptors (Lipinski definition) is 2. The van der Waals surface area contributed by atoms with E-state index in [2.05, 4.69) is 0 Å². The van der Waals surface area contributed by atoms with Crippen LogP contribution in [0.25, 0.3) is 0 Å². The Balaban J connectivity index is 2.73. The van der Waals surface area contributed by atoms with Crippen LogP contribution in [0.5, 0.6) is 0 Å². The molecule has 2 unspecified atom stereocenters. The van der Waals surface area contributed by atoms with Crippen molar-refractivity contribution in [3.8, 4) is 0 Å². The molecule has 1 aliphatic heterocycles. The highest BCUT2D eigenvalue weighted by molar-refractivity contribution is 5.83. The molecule has 1 heterocycles. The van der Waals surface area contributed by atoms with Crippen molar-refractivity contribution in [2.75, 3.05) is 6.54 Å². The molecule has 0 aromatic heterocycles. The number of hydrogen-bond donors (Lipinski definition) is 1. The first-order chi connectivity index (χ1) is 6.56. The lowest BCUT2D eigenvalue weighted by molar-refractivity contribution is -0.152. The molecule has 1 N–H and O–H groups in total. The second-order valence-electron chi connectivity index (χ2n) is 3.94. The fourth-order valence-electron chi connectivity index (χ4n) is 1.89. The van der Waals surface area contributed by atoms with E-state index in [0.29, 0.717) is 25.3 Å². The Morgan fingerprint density at radius 1 is 1.43 bits per heavy atom. The van der Waals surface area contributed by atoms with E-state index < -0.39 is 12.0 Å². The van der Waals surface area contributed by atoms with Crippen molar-refractivity contribution in [2.45, 2.75) is 39.2 Å². The summed E-state index contributed by atoms with van der Waals surface area (Å²) in [5.74, 6) is -0.510. The fourth-order valence-corrected chi connectivity index (χ4v) is 1.89. The highest BCUT2D eigenvalue weighted by atomic mass is 16.4. The van der Waals surface area contributed by atoms with Gasteiger partial charge in [-0.1, -0.05) is 13.8 Å². The van der Waals surface area contributed by atoms with Crippen LogP contribution in [0.2, 0.25) is 0 Å². The minimum absolute atomic E-state index is 0.0519. The quantitative estimate of drug-likeness (QED) is 0.724. The molecule has 2 atom stereocenters. The Kier molecular flexibility index (Phi) is 3.49. The molecule has 0 aromatic rings. The van der Waals surface area contributed by atoms with Gasteiger partial charge in [-0.25, -0.2) is 4.79 Å². The van der Waals surface area contributed by atoms with Crippen molar-refractivity contribution in [1.29, 1.82) is 0 Å². The van der Waals surface area contributed by atoms with E-state index in [9.17, 15) is 9.59 Å². The largest absolute Gasteiger partial charge is 0.480 e. The molecule has 1 saturated heterocycles. The van der Waals surface area contributed by atoms with Crippen LogP contribution in [-0.2, 0) is 9.59 Å². The molecule has 0 bridgehead atoms. The average Bonchev–Trinajstić information content (AvgIpc) is 2.16. The maximum Gasteiger partial charge on any atom is 0.326 e. The van der Waals surface area contributed by atoms with Gasteiger partial charge < -0.3 is 10.0 Å². The molecule has 80 valence electrons. The number of carbonyl (C=O) groups is 2. The molecule has 0 saturated carbocycles. The molecular weight excluding hydrogens is 182 g/mol. The first kappa shape index (κ1) is 11.0. The lowest BCUT2D eigenvalue weighted by Crippen LogP contribution is -2.50. The second-order valence-corrected chi connectivity index (χ2v) is 3.94. The summed E-state index contributed by atoms with van der Waals surface area (Å²) in [6, 6.07) is -0.598. The van der Waals surface area contributed by atoms with Crippen molar-refractivity contribution in [2.24, 2.45) is 5.92 Å². The zero-order valence-corrected chi connectivity index (χ0v) is 8.69. The van der Waals surface area contributed by atoms with Crippen LogP contribution in [0.4, 0.5) is 0 Å². The predicted octanol–water partition coefficient (Wildman–Crippen LogP) is 1.11. The summed E-state index contributed by atoms with van der Waals surface area (Å²) < 4.78 is 0. The first-order valence-corrected chi connectivity index (χ1v) is 5.08. The van der Waals surface area contributed by atoms with Crippen LogP contribution in [0.1, 0.15) is 33.1 Å². The predicted molar refractivity (Wildman–Crippen MR) is 51.8 cm³/mol. The molecular formula is C10H17NO3. The van der Waals surface area contributed by atoms with Crippen molar-refractivity contribution in [1.82, 2.24) is 4.90 Å². The van der Waals surface area contributed by atoms with E-state index in [1.165, 1.54) is 4.90 Å². The van der Waals surface area contributed by atoms with E-state index in [0.717, 1.165) is 6.42 Å². The molecule has 4 nitrogen and oxygen atoms in total. The van der Waals surface area contributed by atoms with Gasteiger partial charge in [0.2, 0.25) is 5.91 Å². The minimum atomic E-state index is -0.876. The highest BCUT2D eigenvalue weighted by Crippen LogP contribution is 2.22. The van der Waals surface area contributed by atoms with E-state index in [1.807, 2.05) is 6.92 Å². The van der Waals surface area contributed by atoms with Gasteiger partial charge in [0.25, 0.3) is 0 Å². The number of amides is 1. The van der Waals surface area contributed by atoms with Crippen molar-refractivity contribution in [3.05, 3.63) is 0 Å². The standard InChI is InChI=1S/C10H17NO3/c1-3-9(12)11-6-7(2)4-5-8(11)10(13)14/h7-8H,3-6H2,1-2H3,(H,13,14). The molecule has 14 heavy (non-hydrogen) atoms. The summed E-state index contributed by atoms with van der Waals surface area (Å²) in [5.41, 5.74) is 0. The van der Waals surface area contributed by atoms with E-state index in [-0.39, 0.29) is 5.91 Å². The first-order valence-electron chi connectivity index (χ1n) is 5.08. The monoisotopic (exact) mass is 199 g/mol. The molecule has 4 heteroatoms. The maximum atomic E-state index is 11.5. The third-order valence-electron chi connectivity index (χ3n) is 2.73. The number of carbonyl (C=O) groups excluding carboxylic acids is 1. The van der Waals surface area contributed by atoms with Crippen LogP contribution in [0.15, 0.2) is 0 Å². The topological polar surface area (TPSA) is 57.6 Å². The van der Waals surface area contributed by atoms with E-state index >= 15 is 0 Å². The van der Waals surface area contributed by atoms with Crippen molar-refractivity contribution in [3.63, 3.8) is 0 Å². The molecule has 1 rings (SSSR count). The summed E-state index contributed by atoms with van der Waals surface area (Å²) in [4.78, 5) is 23.9. The number of carboxylic acid groups (broad SMARTS) is 1. The van der Waals surface area contributed by atoms with Crippen LogP contribution >= 0.6 is 0 Å². The number of likely N-dealkylation sites (tertiary alicyclic amines) is 1. The van der Waals surface area contributed by atoms with Gasteiger partial charge in [-0.2, -0.15) is 0 Å². The number of carboxylic acids is 1. The molecule has 0 aliphatic carbocycles. The van der Waals surface area contributed by atoms with Gasteiger partial charge in [0.1, 0.15) is 6.04 Å². The molecule has 1 amide bonds. The van der Waals surface area contributed by atoms with Crippen LogP contribution < -0.4 is 0 Å².